The minimum absolute atomic E-state index is 0.0733. The van der Waals surface area contributed by atoms with Gasteiger partial charge in [0.15, 0.2) is 5.65 Å². The highest BCUT2D eigenvalue weighted by molar-refractivity contribution is 5.78. The first-order valence-electron chi connectivity index (χ1n) is 8.75. The number of carbonyl (C=O) groups excluding carboxylic acids is 2. The lowest BCUT2D eigenvalue weighted by Crippen LogP contribution is -2.37. The lowest BCUT2D eigenvalue weighted by atomic mass is 10.2. The number of ether oxygens (including phenoxy) is 1. The van der Waals surface area contributed by atoms with E-state index in [0.29, 0.717) is 17.6 Å². The van der Waals surface area contributed by atoms with E-state index >= 15 is 0 Å². The summed E-state index contributed by atoms with van der Waals surface area (Å²) >= 11 is 0. The van der Waals surface area contributed by atoms with E-state index in [4.69, 9.17) is 0 Å². The first-order chi connectivity index (χ1) is 13.5. The topological polar surface area (TPSA) is 99.3 Å². The number of aromatic nitrogens is 4. The van der Waals surface area contributed by atoms with Gasteiger partial charge in [-0.05, 0) is 5.56 Å². The third kappa shape index (κ3) is 4.25. The molecule has 2 heterocycles. The molecule has 9 heteroatoms. The van der Waals surface area contributed by atoms with E-state index in [1.165, 1.54) is 33.8 Å². The number of rotatable bonds is 7. The van der Waals surface area contributed by atoms with Crippen LogP contribution < -0.4 is 5.56 Å². The minimum atomic E-state index is -0.401. The van der Waals surface area contributed by atoms with Gasteiger partial charge in [-0.1, -0.05) is 30.3 Å². The monoisotopic (exact) mass is 383 g/mol. The molecule has 9 nitrogen and oxygen atoms in total. The van der Waals surface area contributed by atoms with Crippen LogP contribution in [0.4, 0.5) is 0 Å². The van der Waals surface area contributed by atoms with Crippen LogP contribution in [-0.2, 0) is 34.5 Å². The van der Waals surface area contributed by atoms with Crippen molar-refractivity contribution in [2.75, 3.05) is 13.7 Å². The van der Waals surface area contributed by atoms with Crippen molar-refractivity contribution in [2.45, 2.75) is 19.5 Å². The fourth-order valence-corrected chi connectivity index (χ4v) is 2.85. The summed E-state index contributed by atoms with van der Waals surface area (Å²) in [5, 5.41) is 4.37. The van der Waals surface area contributed by atoms with Gasteiger partial charge < -0.3 is 9.64 Å². The number of aryl methyl sites for hydroxylation is 1. The van der Waals surface area contributed by atoms with Crippen LogP contribution in [0.1, 0.15) is 12.0 Å². The number of hydrogen-bond donors (Lipinski definition) is 0. The average Bonchev–Trinajstić information content (AvgIpc) is 3.09. The second-order valence-corrected chi connectivity index (χ2v) is 6.31. The zero-order valence-electron chi connectivity index (χ0n) is 15.7. The number of methoxy groups -OCH3 is 1. The Morgan fingerprint density at radius 3 is 2.68 bits per heavy atom. The molecule has 0 unspecified atom stereocenters. The molecule has 0 radical (unpaired) electrons. The number of hydrogen-bond acceptors (Lipinski definition) is 6. The molecule has 28 heavy (non-hydrogen) atoms. The lowest BCUT2D eigenvalue weighted by Gasteiger charge is -2.23. The molecule has 0 atom stereocenters. The first kappa shape index (κ1) is 19.3. The van der Waals surface area contributed by atoms with Crippen molar-refractivity contribution in [1.82, 2.24) is 24.2 Å². The predicted octanol–water partition coefficient (Wildman–Crippen LogP) is 0.722. The summed E-state index contributed by atoms with van der Waals surface area (Å²) in [7, 11) is 3.00. The summed E-state index contributed by atoms with van der Waals surface area (Å²) in [6.45, 7) is 0.344. The molecule has 0 bridgehead atoms. The van der Waals surface area contributed by atoms with Crippen LogP contribution in [0.25, 0.3) is 11.0 Å². The van der Waals surface area contributed by atoms with Gasteiger partial charge in [-0.25, -0.2) is 4.98 Å². The molecule has 0 aliphatic heterocycles. The van der Waals surface area contributed by atoms with E-state index < -0.39 is 5.97 Å². The highest BCUT2D eigenvalue weighted by atomic mass is 16.5. The lowest BCUT2D eigenvalue weighted by molar-refractivity contribution is -0.142. The van der Waals surface area contributed by atoms with Crippen LogP contribution in [0.15, 0.2) is 47.7 Å². The van der Waals surface area contributed by atoms with E-state index in [9.17, 15) is 14.4 Å². The van der Waals surface area contributed by atoms with Gasteiger partial charge >= 0.3 is 5.97 Å². The van der Waals surface area contributed by atoms with Gasteiger partial charge in [0.05, 0.1) is 19.7 Å². The Kier molecular flexibility index (Phi) is 5.83. The Morgan fingerprint density at radius 1 is 1.21 bits per heavy atom. The zero-order valence-corrected chi connectivity index (χ0v) is 15.7. The van der Waals surface area contributed by atoms with Crippen molar-refractivity contribution >= 4 is 22.9 Å². The van der Waals surface area contributed by atoms with Crippen molar-refractivity contribution in [3.8, 4) is 0 Å². The Labute approximate surface area is 161 Å². The summed E-state index contributed by atoms with van der Waals surface area (Å²) in [6, 6.07) is 9.44. The van der Waals surface area contributed by atoms with Crippen molar-refractivity contribution < 1.29 is 14.3 Å². The van der Waals surface area contributed by atoms with E-state index in [-0.39, 0.29) is 31.0 Å². The van der Waals surface area contributed by atoms with Crippen molar-refractivity contribution in [2.24, 2.45) is 7.05 Å². The summed E-state index contributed by atoms with van der Waals surface area (Å²) in [5.74, 6) is -0.693. The standard InChI is InChI=1S/C19H21N5O4/c1-22-18-15(10-21-22)19(27)24(13-20-18)12-16(25)23(9-8-17(26)28-2)11-14-6-4-3-5-7-14/h3-7,10,13H,8-9,11-12H2,1-2H3. The second kappa shape index (κ2) is 8.47. The Balaban J connectivity index is 1.81. The third-order valence-electron chi connectivity index (χ3n) is 4.41. The molecule has 0 spiro atoms. The Hall–Kier alpha value is -3.49. The van der Waals surface area contributed by atoms with Crippen LogP contribution in [0, 0.1) is 0 Å². The molecule has 146 valence electrons. The maximum absolute atomic E-state index is 12.9. The van der Waals surface area contributed by atoms with E-state index in [2.05, 4.69) is 14.8 Å². The van der Waals surface area contributed by atoms with Crippen LogP contribution in [0.3, 0.4) is 0 Å². The number of carbonyl (C=O) groups is 2. The molecule has 0 fully saturated rings. The molecule has 3 rings (SSSR count). The van der Waals surface area contributed by atoms with Crippen molar-refractivity contribution in [3.05, 3.63) is 58.8 Å². The molecule has 0 aliphatic carbocycles. The zero-order chi connectivity index (χ0) is 20.1. The van der Waals surface area contributed by atoms with Gasteiger partial charge in [0.2, 0.25) is 5.91 Å². The highest BCUT2D eigenvalue weighted by Gasteiger charge is 2.18. The van der Waals surface area contributed by atoms with Gasteiger partial charge in [0, 0.05) is 20.1 Å². The maximum Gasteiger partial charge on any atom is 0.307 e. The molecule has 2 aromatic heterocycles. The second-order valence-electron chi connectivity index (χ2n) is 6.31. The number of nitrogens with zero attached hydrogens (tertiary/aromatic N) is 5. The number of benzene rings is 1. The average molecular weight is 383 g/mol. The highest BCUT2D eigenvalue weighted by Crippen LogP contribution is 2.08. The number of amides is 1. The van der Waals surface area contributed by atoms with Crippen LogP contribution in [-0.4, -0.2) is 49.8 Å². The summed E-state index contributed by atoms with van der Waals surface area (Å²) in [4.78, 5) is 42.7. The fraction of sp³-hybridized carbons (Fsp3) is 0.316. The molecular weight excluding hydrogens is 362 g/mol. The van der Waals surface area contributed by atoms with Crippen LogP contribution >= 0.6 is 0 Å². The predicted molar refractivity (Wildman–Crippen MR) is 101 cm³/mol. The Morgan fingerprint density at radius 2 is 1.96 bits per heavy atom. The minimum Gasteiger partial charge on any atom is -0.469 e. The van der Waals surface area contributed by atoms with Crippen molar-refractivity contribution in [3.63, 3.8) is 0 Å². The molecule has 0 N–H and O–H groups in total. The van der Waals surface area contributed by atoms with Gasteiger partial charge in [-0.15, -0.1) is 0 Å². The molecule has 1 aromatic carbocycles. The smallest absolute Gasteiger partial charge is 0.307 e. The van der Waals surface area contributed by atoms with Crippen LogP contribution in [0.5, 0.6) is 0 Å². The molecule has 3 aromatic rings. The number of esters is 1. The fourth-order valence-electron chi connectivity index (χ4n) is 2.85. The summed E-state index contributed by atoms with van der Waals surface area (Å²) in [5.41, 5.74) is 1.05. The van der Waals surface area contributed by atoms with Gasteiger partial charge in [0.1, 0.15) is 18.3 Å². The molecular formula is C19H21N5O4. The van der Waals surface area contributed by atoms with E-state index in [1.807, 2.05) is 30.3 Å². The normalized spacial score (nSPS) is 10.8. The first-order valence-corrected chi connectivity index (χ1v) is 8.75. The number of fused-ring (bicyclic) bond motifs is 1. The summed E-state index contributed by atoms with van der Waals surface area (Å²) in [6.07, 6.45) is 2.85. The Bertz CT molecular complexity index is 1040. The SMILES string of the molecule is COC(=O)CCN(Cc1ccccc1)C(=O)Cn1cnc2c(cnn2C)c1=O. The molecule has 1 amide bonds. The van der Waals surface area contributed by atoms with Gasteiger partial charge in [-0.3, -0.25) is 23.6 Å². The van der Waals surface area contributed by atoms with Gasteiger partial charge in [0.25, 0.3) is 5.56 Å². The van der Waals surface area contributed by atoms with E-state index in [0.717, 1.165) is 5.56 Å². The largest absolute Gasteiger partial charge is 0.469 e. The van der Waals surface area contributed by atoms with Crippen molar-refractivity contribution in [1.29, 1.82) is 0 Å². The summed E-state index contributed by atoms with van der Waals surface area (Å²) < 4.78 is 7.42. The third-order valence-corrected chi connectivity index (χ3v) is 4.41. The van der Waals surface area contributed by atoms with E-state index in [1.54, 1.807) is 7.05 Å². The van der Waals surface area contributed by atoms with Crippen LogP contribution in [0.2, 0.25) is 0 Å². The molecule has 0 saturated carbocycles. The van der Waals surface area contributed by atoms with Gasteiger partial charge in [-0.2, -0.15) is 5.10 Å². The maximum atomic E-state index is 12.9. The quantitative estimate of drug-likeness (QED) is 0.558. The molecule has 0 aliphatic rings. The molecule has 0 saturated heterocycles.